The maximum absolute atomic E-state index is 12.6. The average Bonchev–Trinajstić information content (AvgIpc) is 2.37. The third kappa shape index (κ3) is 3.98. The van der Waals surface area contributed by atoms with Gasteiger partial charge in [0.25, 0.3) is 0 Å². The molecule has 0 atom stereocenters. The molecule has 120 valence electrons. The first-order valence-corrected chi connectivity index (χ1v) is 7.52. The van der Waals surface area contributed by atoms with E-state index in [-0.39, 0.29) is 5.82 Å². The van der Waals surface area contributed by atoms with E-state index in [1.165, 1.54) is 26.8 Å². The average molecular weight is 333 g/mol. The van der Waals surface area contributed by atoms with Gasteiger partial charge in [-0.1, -0.05) is 0 Å². The first-order valence-electron chi connectivity index (χ1n) is 6.04. The summed E-state index contributed by atoms with van der Waals surface area (Å²) in [6.07, 6.45) is -2.77. The van der Waals surface area contributed by atoms with Crippen LogP contribution < -0.4 is 5.32 Å². The number of rotatable bonds is 3. The fourth-order valence-corrected chi connectivity index (χ4v) is 2.32. The van der Waals surface area contributed by atoms with Crippen molar-refractivity contribution in [1.29, 1.82) is 5.26 Å². The first-order chi connectivity index (χ1) is 9.89. The van der Waals surface area contributed by atoms with Crippen molar-refractivity contribution >= 4 is 15.7 Å². The summed E-state index contributed by atoms with van der Waals surface area (Å²) in [5.41, 5.74) is -0.935. The normalized spacial score (nSPS) is 13.6. The van der Waals surface area contributed by atoms with Gasteiger partial charge in [-0.2, -0.15) is 18.4 Å². The minimum atomic E-state index is -4.54. The highest BCUT2D eigenvalue weighted by Gasteiger charge is 2.33. The van der Waals surface area contributed by atoms with E-state index in [1.54, 1.807) is 0 Å². The van der Waals surface area contributed by atoms with Crippen LogP contribution in [0.5, 0.6) is 0 Å². The lowest BCUT2D eigenvalue weighted by molar-refractivity contribution is -0.137. The van der Waals surface area contributed by atoms with Crippen LogP contribution in [0.3, 0.4) is 0 Å². The standard InChI is InChI=1S/C13H14F3N3O2S/c1-12(2,3)22(20,21)10(7-17)8-19-11-6-9(4-5-18-11)13(14,15)16/h4-6,8H,1-3H3,(H,18,19)/b10-8-. The molecule has 1 N–H and O–H groups in total. The van der Waals surface area contributed by atoms with E-state index in [0.717, 1.165) is 24.5 Å². The zero-order chi connectivity index (χ0) is 17.2. The van der Waals surface area contributed by atoms with Gasteiger partial charge in [-0.3, -0.25) is 0 Å². The molecule has 1 aromatic heterocycles. The van der Waals surface area contributed by atoms with Crippen molar-refractivity contribution in [3.8, 4) is 6.07 Å². The number of halogens is 3. The molecule has 0 aliphatic rings. The number of hydrogen-bond donors (Lipinski definition) is 1. The summed E-state index contributed by atoms with van der Waals surface area (Å²) >= 11 is 0. The van der Waals surface area contributed by atoms with Crippen LogP contribution in [0.1, 0.15) is 26.3 Å². The van der Waals surface area contributed by atoms with Crippen molar-refractivity contribution in [1.82, 2.24) is 4.98 Å². The summed E-state index contributed by atoms with van der Waals surface area (Å²) in [5.74, 6) is -0.216. The quantitative estimate of drug-likeness (QED) is 0.860. The molecule has 1 aromatic rings. The Bertz CT molecular complexity index is 726. The van der Waals surface area contributed by atoms with Crippen molar-refractivity contribution < 1.29 is 21.6 Å². The summed E-state index contributed by atoms with van der Waals surface area (Å²) in [7, 11) is -3.91. The summed E-state index contributed by atoms with van der Waals surface area (Å²) in [6, 6.07) is 3.03. The van der Waals surface area contributed by atoms with Crippen molar-refractivity contribution in [3.63, 3.8) is 0 Å². The molecule has 0 saturated carbocycles. The van der Waals surface area contributed by atoms with Gasteiger partial charge < -0.3 is 5.32 Å². The van der Waals surface area contributed by atoms with E-state index in [1.807, 2.05) is 0 Å². The summed E-state index contributed by atoms with van der Waals surface area (Å²) in [6.45, 7) is 4.24. The predicted octanol–water partition coefficient (Wildman–Crippen LogP) is 3.09. The number of anilines is 1. The number of sulfone groups is 1. The van der Waals surface area contributed by atoms with E-state index < -0.39 is 31.2 Å². The van der Waals surface area contributed by atoms with Crippen LogP contribution in [0.4, 0.5) is 19.0 Å². The van der Waals surface area contributed by atoms with Crippen molar-refractivity contribution in [3.05, 3.63) is 35.0 Å². The monoisotopic (exact) mass is 333 g/mol. The number of alkyl halides is 3. The Labute approximate surface area is 126 Å². The van der Waals surface area contributed by atoms with Gasteiger partial charge in [0, 0.05) is 12.4 Å². The van der Waals surface area contributed by atoms with Crippen LogP contribution in [-0.2, 0) is 16.0 Å². The lowest BCUT2D eigenvalue weighted by Crippen LogP contribution is -2.29. The Hall–Kier alpha value is -2.08. The maximum Gasteiger partial charge on any atom is 0.416 e. The Morgan fingerprint density at radius 1 is 1.36 bits per heavy atom. The van der Waals surface area contributed by atoms with E-state index in [2.05, 4.69) is 10.3 Å². The molecule has 1 rings (SSSR count). The van der Waals surface area contributed by atoms with E-state index in [9.17, 15) is 21.6 Å². The number of aromatic nitrogens is 1. The molecule has 0 aromatic carbocycles. The molecular weight excluding hydrogens is 319 g/mol. The van der Waals surface area contributed by atoms with Crippen molar-refractivity contribution in [2.75, 3.05) is 5.32 Å². The Balaban J connectivity index is 3.13. The molecule has 0 amide bonds. The third-order valence-corrected chi connectivity index (χ3v) is 5.04. The molecule has 9 heteroatoms. The largest absolute Gasteiger partial charge is 0.416 e. The second-order valence-corrected chi connectivity index (χ2v) is 7.98. The molecule has 0 aliphatic heterocycles. The molecule has 5 nitrogen and oxygen atoms in total. The van der Waals surface area contributed by atoms with Gasteiger partial charge in [-0.25, -0.2) is 13.4 Å². The van der Waals surface area contributed by atoms with Crippen molar-refractivity contribution in [2.45, 2.75) is 31.7 Å². The van der Waals surface area contributed by atoms with E-state index >= 15 is 0 Å². The SMILES string of the molecule is CC(C)(C)S(=O)(=O)/C(C#N)=C\Nc1cc(C(F)(F)F)ccn1. The van der Waals surface area contributed by atoms with Gasteiger partial charge in [0.05, 0.1) is 10.3 Å². The molecule has 0 bridgehead atoms. The summed E-state index contributed by atoms with van der Waals surface area (Å²) in [5, 5.41) is 11.3. The number of nitriles is 1. The molecule has 0 aliphatic carbocycles. The minimum absolute atomic E-state index is 0.216. The fraction of sp³-hybridized carbons (Fsp3) is 0.385. The number of allylic oxidation sites excluding steroid dienone is 1. The van der Waals surface area contributed by atoms with Gasteiger partial charge >= 0.3 is 6.18 Å². The third-order valence-electron chi connectivity index (χ3n) is 2.64. The second-order valence-electron chi connectivity index (χ2n) is 5.31. The van der Waals surface area contributed by atoms with Gasteiger partial charge in [0.1, 0.15) is 11.9 Å². The molecule has 0 unspecified atom stereocenters. The molecule has 0 fully saturated rings. The Morgan fingerprint density at radius 2 is 1.95 bits per heavy atom. The van der Waals surface area contributed by atoms with Gasteiger partial charge in [-0.15, -0.1) is 0 Å². The van der Waals surface area contributed by atoms with Gasteiger partial charge in [0.2, 0.25) is 0 Å². The van der Waals surface area contributed by atoms with E-state index in [4.69, 9.17) is 5.26 Å². The van der Waals surface area contributed by atoms with Crippen LogP contribution in [0.25, 0.3) is 0 Å². The highest BCUT2D eigenvalue weighted by molar-refractivity contribution is 7.96. The number of hydrogen-bond acceptors (Lipinski definition) is 5. The summed E-state index contributed by atoms with van der Waals surface area (Å²) < 4.78 is 60.7. The molecule has 1 heterocycles. The Morgan fingerprint density at radius 3 is 2.41 bits per heavy atom. The molecule has 0 spiro atoms. The maximum atomic E-state index is 12.6. The number of pyridine rings is 1. The zero-order valence-electron chi connectivity index (χ0n) is 12.1. The molecule has 22 heavy (non-hydrogen) atoms. The highest BCUT2D eigenvalue weighted by atomic mass is 32.2. The minimum Gasteiger partial charge on any atom is -0.345 e. The van der Waals surface area contributed by atoms with Crippen LogP contribution in [0, 0.1) is 11.3 Å². The smallest absolute Gasteiger partial charge is 0.345 e. The molecule has 0 saturated heterocycles. The van der Waals surface area contributed by atoms with E-state index in [0.29, 0.717) is 0 Å². The van der Waals surface area contributed by atoms with Crippen LogP contribution in [0.2, 0.25) is 0 Å². The zero-order valence-corrected chi connectivity index (χ0v) is 12.9. The van der Waals surface area contributed by atoms with Gasteiger partial charge in [0.15, 0.2) is 14.7 Å². The predicted molar refractivity (Wildman–Crippen MR) is 75.2 cm³/mol. The molecular formula is C13H14F3N3O2S. The van der Waals surface area contributed by atoms with Crippen LogP contribution in [-0.4, -0.2) is 18.1 Å². The fourth-order valence-electron chi connectivity index (χ4n) is 1.33. The number of nitrogens with one attached hydrogen (secondary N) is 1. The van der Waals surface area contributed by atoms with Crippen LogP contribution in [0.15, 0.2) is 29.4 Å². The lowest BCUT2D eigenvalue weighted by Gasteiger charge is -2.18. The van der Waals surface area contributed by atoms with Crippen molar-refractivity contribution in [2.24, 2.45) is 0 Å². The molecule has 0 radical (unpaired) electrons. The lowest BCUT2D eigenvalue weighted by atomic mass is 10.2. The summed E-state index contributed by atoms with van der Waals surface area (Å²) in [4.78, 5) is 3.06. The first kappa shape index (κ1) is 18.0. The number of nitrogens with zero attached hydrogens (tertiary/aromatic N) is 2. The Kier molecular flexibility index (Phi) is 4.87. The van der Waals surface area contributed by atoms with Crippen LogP contribution >= 0.6 is 0 Å². The van der Waals surface area contributed by atoms with Gasteiger partial charge in [-0.05, 0) is 32.9 Å². The topological polar surface area (TPSA) is 82.8 Å². The highest BCUT2D eigenvalue weighted by Crippen LogP contribution is 2.30. The second kappa shape index (κ2) is 5.96.